The molecule has 0 aliphatic rings. The summed E-state index contributed by atoms with van der Waals surface area (Å²) in [4.78, 5) is 7.17. The number of aryl methyl sites for hydroxylation is 2. The van der Waals surface area contributed by atoms with Crippen LogP contribution in [0.15, 0.2) is 156 Å². The molecule has 244 valence electrons. The van der Waals surface area contributed by atoms with Gasteiger partial charge in [0, 0.05) is 22.6 Å². The number of anilines is 3. The number of hydrogen-bond donors (Lipinski definition) is 0. The fraction of sp³-hybridized carbons (Fsp3) is 0.128. The van der Waals surface area contributed by atoms with Gasteiger partial charge in [-0.25, -0.2) is 4.98 Å². The van der Waals surface area contributed by atoms with Crippen molar-refractivity contribution in [3.8, 4) is 33.7 Å². The van der Waals surface area contributed by atoms with Crippen LogP contribution >= 0.6 is 0 Å². The first-order valence-electron chi connectivity index (χ1n) is 17.3. The van der Waals surface area contributed by atoms with Gasteiger partial charge in [-0.15, -0.1) is 0 Å². The van der Waals surface area contributed by atoms with Gasteiger partial charge in [0.05, 0.1) is 0 Å². The standard InChI is InChI=1S/C47H40N2O/c1-31-29-32(2)45-44(30-31)50-46(48-45)35-19-25-38(26-20-35)49(39-27-21-36(22-28-39)47(3,4)5)37-23-17-34(18-24-37)41-14-10-15-42-40(13-9-16-43(41)42)33-11-7-6-8-12-33/h6-30H,1-5H3. The summed E-state index contributed by atoms with van der Waals surface area (Å²) in [5.74, 6) is 0.635. The number of fused-ring (bicyclic) bond motifs is 2. The number of hydrogen-bond acceptors (Lipinski definition) is 3. The van der Waals surface area contributed by atoms with Crippen molar-refractivity contribution in [1.29, 1.82) is 0 Å². The Hall–Kier alpha value is -5.93. The lowest BCUT2D eigenvalue weighted by atomic mass is 9.87. The number of aromatic nitrogens is 1. The van der Waals surface area contributed by atoms with Gasteiger partial charge >= 0.3 is 0 Å². The van der Waals surface area contributed by atoms with Crippen molar-refractivity contribution in [1.82, 2.24) is 4.98 Å². The maximum absolute atomic E-state index is 6.22. The van der Waals surface area contributed by atoms with Crippen LogP contribution in [0.5, 0.6) is 0 Å². The topological polar surface area (TPSA) is 29.3 Å². The highest BCUT2D eigenvalue weighted by molar-refractivity contribution is 6.04. The molecule has 0 amide bonds. The van der Waals surface area contributed by atoms with E-state index in [1.807, 2.05) is 0 Å². The van der Waals surface area contributed by atoms with Gasteiger partial charge in [0.25, 0.3) is 0 Å². The molecule has 0 spiro atoms. The molecule has 0 radical (unpaired) electrons. The van der Waals surface area contributed by atoms with Gasteiger partial charge in [-0.1, -0.05) is 118 Å². The molecule has 50 heavy (non-hydrogen) atoms. The van der Waals surface area contributed by atoms with Crippen LogP contribution < -0.4 is 4.90 Å². The van der Waals surface area contributed by atoms with Crippen LogP contribution in [-0.4, -0.2) is 4.98 Å². The largest absolute Gasteiger partial charge is 0.436 e. The van der Waals surface area contributed by atoms with E-state index in [-0.39, 0.29) is 5.41 Å². The third kappa shape index (κ3) is 5.86. The summed E-state index contributed by atoms with van der Waals surface area (Å²) in [7, 11) is 0. The second-order valence-electron chi connectivity index (χ2n) is 14.2. The predicted molar refractivity (Wildman–Crippen MR) is 211 cm³/mol. The Balaban J connectivity index is 1.18. The Kier molecular flexibility index (Phi) is 7.84. The highest BCUT2D eigenvalue weighted by Crippen LogP contribution is 2.40. The summed E-state index contributed by atoms with van der Waals surface area (Å²) in [5, 5.41) is 2.50. The van der Waals surface area contributed by atoms with Crippen LogP contribution in [0.3, 0.4) is 0 Å². The zero-order chi connectivity index (χ0) is 34.4. The van der Waals surface area contributed by atoms with E-state index >= 15 is 0 Å². The van der Waals surface area contributed by atoms with Crippen molar-refractivity contribution in [3.05, 3.63) is 168 Å². The smallest absolute Gasteiger partial charge is 0.227 e. The molecule has 0 bridgehead atoms. The summed E-state index contributed by atoms with van der Waals surface area (Å²) < 4.78 is 6.22. The summed E-state index contributed by atoms with van der Waals surface area (Å²) in [6.07, 6.45) is 0. The van der Waals surface area contributed by atoms with Crippen LogP contribution in [0.4, 0.5) is 17.1 Å². The fourth-order valence-electron chi connectivity index (χ4n) is 7.03. The van der Waals surface area contributed by atoms with Gasteiger partial charge in [-0.05, 0) is 124 Å². The normalized spacial score (nSPS) is 11.7. The summed E-state index contributed by atoms with van der Waals surface area (Å²) in [6, 6.07) is 54.5. The third-order valence-corrected chi connectivity index (χ3v) is 9.64. The van der Waals surface area contributed by atoms with Gasteiger partial charge in [0.1, 0.15) is 5.52 Å². The molecule has 0 aliphatic heterocycles. The van der Waals surface area contributed by atoms with E-state index in [1.54, 1.807) is 0 Å². The Morgan fingerprint density at radius 1 is 0.520 bits per heavy atom. The molecule has 0 saturated carbocycles. The van der Waals surface area contributed by atoms with Gasteiger partial charge in [0.2, 0.25) is 5.89 Å². The fourth-order valence-corrected chi connectivity index (χ4v) is 7.03. The van der Waals surface area contributed by atoms with E-state index in [1.165, 1.54) is 44.2 Å². The molecule has 0 aliphatic carbocycles. The minimum Gasteiger partial charge on any atom is -0.436 e. The Morgan fingerprint density at radius 3 is 1.60 bits per heavy atom. The van der Waals surface area contributed by atoms with E-state index in [4.69, 9.17) is 9.40 Å². The molecule has 0 saturated heterocycles. The lowest BCUT2D eigenvalue weighted by molar-refractivity contribution is 0.590. The molecule has 0 unspecified atom stereocenters. The molecule has 1 aromatic heterocycles. The van der Waals surface area contributed by atoms with E-state index in [0.717, 1.165) is 39.3 Å². The molecule has 0 N–H and O–H groups in total. The molecular weight excluding hydrogens is 609 g/mol. The van der Waals surface area contributed by atoms with Crippen LogP contribution in [0.1, 0.15) is 37.5 Å². The second kappa shape index (κ2) is 12.5. The number of benzene rings is 7. The van der Waals surface area contributed by atoms with Crippen LogP contribution in [0.2, 0.25) is 0 Å². The van der Waals surface area contributed by atoms with Crippen LogP contribution in [0.25, 0.3) is 55.6 Å². The molecule has 0 atom stereocenters. The average molecular weight is 649 g/mol. The van der Waals surface area contributed by atoms with Crippen LogP contribution in [0, 0.1) is 13.8 Å². The summed E-state index contributed by atoms with van der Waals surface area (Å²) in [6.45, 7) is 10.9. The summed E-state index contributed by atoms with van der Waals surface area (Å²) in [5.41, 5.74) is 14.5. The number of rotatable bonds is 6. The molecule has 8 rings (SSSR count). The third-order valence-electron chi connectivity index (χ3n) is 9.64. The van der Waals surface area contributed by atoms with Gasteiger partial charge < -0.3 is 9.32 Å². The highest BCUT2D eigenvalue weighted by Gasteiger charge is 2.18. The highest BCUT2D eigenvalue weighted by atomic mass is 16.3. The van der Waals surface area contributed by atoms with Crippen molar-refractivity contribution in [2.75, 3.05) is 4.90 Å². The molecule has 7 aromatic carbocycles. The van der Waals surface area contributed by atoms with Crippen LogP contribution in [-0.2, 0) is 5.41 Å². The van der Waals surface area contributed by atoms with Crippen molar-refractivity contribution in [3.63, 3.8) is 0 Å². The van der Waals surface area contributed by atoms with Crippen molar-refractivity contribution in [2.24, 2.45) is 0 Å². The SMILES string of the molecule is Cc1cc(C)c2nc(-c3ccc(N(c4ccc(-c5cccc6c(-c7ccccc7)cccc56)cc4)c4ccc(C(C)(C)C)cc4)cc3)oc2c1. The second-order valence-corrected chi connectivity index (χ2v) is 14.2. The maximum atomic E-state index is 6.22. The zero-order valence-corrected chi connectivity index (χ0v) is 29.2. The Morgan fingerprint density at radius 2 is 1.04 bits per heavy atom. The van der Waals surface area contributed by atoms with Crippen molar-refractivity contribution >= 4 is 38.9 Å². The zero-order valence-electron chi connectivity index (χ0n) is 29.2. The Bertz CT molecular complexity index is 2450. The first-order valence-corrected chi connectivity index (χ1v) is 17.3. The quantitative estimate of drug-likeness (QED) is 0.180. The molecule has 1 heterocycles. The van der Waals surface area contributed by atoms with Crippen molar-refractivity contribution < 1.29 is 4.42 Å². The number of oxazole rings is 1. The lowest BCUT2D eigenvalue weighted by Crippen LogP contribution is -2.13. The molecule has 0 fully saturated rings. The molecule has 8 aromatic rings. The average Bonchev–Trinajstić information content (AvgIpc) is 3.57. The van der Waals surface area contributed by atoms with E-state index < -0.39 is 0 Å². The Labute approximate surface area is 294 Å². The lowest BCUT2D eigenvalue weighted by Gasteiger charge is -2.27. The van der Waals surface area contributed by atoms with Gasteiger partial charge in [0.15, 0.2) is 5.58 Å². The number of nitrogens with zero attached hydrogens (tertiary/aromatic N) is 2. The molecule has 3 heteroatoms. The monoisotopic (exact) mass is 648 g/mol. The first-order chi connectivity index (χ1) is 24.2. The molecule has 3 nitrogen and oxygen atoms in total. The minimum absolute atomic E-state index is 0.0714. The van der Waals surface area contributed by atoms with E-state index in [9.17, 15) is 0 Å². The van der Waals surface area contributed by atoms with E-state index in [0.29, 0.717) is 5.89 Å². The predicted octanol–water partition coefficient (Wildman–Crippen LogP) is 13.4. The maximum Gasteiger partial charge on any atom is 0.227 e. The minimum atomic E-state index is 0.0714. The summed E-state index contributed by atoms with van der Waals surface area (Å²) >= 11 is 0. The molecular formula is C47H40N2O. The first kappa shape index (κ1) is 31.3. The van der Waals surface area contributed by atoms with Crippen molar-refractivity contribution in [2.45, 2.75) is 40.0 Å². The van der Waals surface area contributed by atoms with E-state index in [2.05, 4.69) is 191 Å². The van der Waals surface area contributed by atoms with Gasteiger partial charge in [-0.3, -0.25) is 0 Å². The van der Waals surface area contributed by atoms with Gasteiger partial charge in [-0.2, -0.15) is 0 Å².